The molecule has 8 heteroatoms. The average Bonchev–Trinajstić information content (AvgIpc) is 2.79. The number of aromatic nitrogens is 1. The molecule has 0 unspecified atom stereocenters. The van der Waals surface area contributed by atoms with Gasteiger partial charge in [-0.25, -0.2) is 4.98 Å². The van der Waals surface area contributed by atoms with E-state index in [1.807, 2.05) is 0 Å². The van der Waals surface area contributed by atoms with Gasteiger partial charge >= 0.3 is 6.18 Å². The molecular weight excluding hydrogens is 359 g/mol. The Morgan fingerprint density at radius 3 is 2.04 bits per heavy atom. The first-order valence-electron chi connectivity index (χ1n) is 8.08. The van der Waals surface area contributed by atoms with Crippen LogP contribution in [-0.2, 0) is 15.8 Å². The number of aryl methyl sites for hydroxylation is 1. The molecule has 27 heavy (non-hydrogen) atoms. The number of nitrogens with one attached hydrogen (secondary N) is 1. The maximum atomic E-state index is 13.6. The van der Waals surface area contributed by atoms with Gasteiger partial charge in [0.1, 0.15) is 5.82 Å². The van der Waals surface area contributed by atoms with Gasteiger partial charge in [-0.1, -0.05) is 30.3 Å². The molecule has 1 aliphatic rings. The molecule has 0 saturated carbocycles. The maximum absolute atomic E-state index is 13.6. The van der Waals surface area contributed by atoms with Gasteiger partial charge in [-0.3, -0.25) is 15.0 Å². The average molecular weight is 375 g/mol. The van der Waals surface area contributed by atoms with Gasteiger partial charge in [-0.2, -0.15) is 18.2 Å². The molecule has 2 aromatic rings. The first-order chi connectivity index (χ1) is 12.6. The van der Waals surface area contributed by atoms with E-state index in [2.05, 4.69) is 10.4 Å². The zero-order valence-electron chi connectivity index (χ0n) is 14.8. The molecule has 1 aromatic carbocycles. The largest absolute Gasteiger partial charge is 0.418 e. The predicted octanol–water partition coefficient (Wildman–Crippen LogP) is 4.11. The standard InChI is InChI=1S/C19H16F3N3O2/c1-10-9-14(24-25-17(26)11(2)12(3)18(25)27)23-16(15(10)19(20,21)22)13-7-5-4-6-8-13/h4-9H,1-3H3,(H,23,24). The Labute approximate surface area is 153 Å². The molecule has 0 saturated heterocycles. The molecule has 140 valence electrons. The SMILES string of the molecule is CC1=C(C)C(=O)N(Nc2cc(C)c(C(F)(F)F)c(-c3ccccc3)n2)C1=O. The van der Waals surface area contributed by atoms with E-state index in [1.165, 1.54) is 39.0 Å². The van der Waals surface area contributed by atoms with Crippen molar-refractivity contribution in [2.24, 2.45) is 0 Å². The number of hydrogen-bond donors (Lipinski definition) is 1. The van der Waals surface area contributed by atoms with E-state index in [-0.39, 0.29) is 33.8 Å². The van der Waals surface area contributed by atoms with Gasteiger partial charge in [0.05, 0.1) is 11.3 Å². The van der Waals surface area contributed by atoms with Crippen molar-refractivity contribution in [2.75, 3.05) is 5.43 Å². The lowest BCUT2D eigenvalue weighted by Gasteiger charge is -2.20. The van der Waals surface area contributed by atoms with Crippen molar-refractivity contribution in [1.29, 1.82) is 0 Å². The van der Waals surface area contributed by atoms with Crippen LogP contribution in [0.25, 0.3) is 11.3 Å². The third kappa shape index (κ3) is 3.30. The van der Waals surface area contributed by atoms with Crippen LogP contribution in [-0.4, -0.2) is 21.8 Å². The topological polar surface area (TPSA) is 62.3 Å². The monoisotopic (exact) mass is 375 g/mol. The van der Waals surface area contributed by atoms with E-state index < -0.39 is 23.6 Å². The third-order valence-corrected chi connectivity index (χ3v) is 4.38. The van der Waals surface area contributed by atoms with Crippen molar-refractivity contribution in [3.05, 3.63) is 58.7 Å². The summed E-state index contributed by atoms with van der Waals surface area (Å²) in [6.45, 7) is 4.33. The van der Waals surface area contributed by atoms with Gasteiger partial charge in [0.15, 0.2) is 0 Å². The Bertz CT molecular complexity index is 942. The van der Waals surface area contributed by atoms with E-state index >= 15 is 0 Å². The zero-order valence-corrected chi connectivity index (χ0v) is 14.8. The van der Waals surface area contributed by atoms with Crippen LogP contribution in [0.1, 0.15) is 25.0 Å². The second kappa shape index (κ2) is 6.53. The fraction of sp³-hybridized carbons (Fsp3) is 0.211. The van der Waals surface area contributed by atoms with Crippen molar-refractivity contribution < 1.29 is 22.8 Å². The molecule has 0 radical (unpaired) electrons. The molecule has 0 bridgehead atoms. The van der Waals surface area contributed by atoms with Gasteiger partial charge in [0, 0.05) is 16.7 Å². The molecule has 0 spiro atoms. The van der Waals surface area contributed by atoms with Crippen LogP contribution in [0.3, 0.4) is 0 Å². The maximum Gasteiger partial charge on any atom is 0.418 e. The number of anilines is 1. The summed E-state index contributed by atoms with van der Waals surface area (Å²) < 4.78 is 40.7. The van der Waals surface area contributed by atoms with E-state index in [0.717, 1.165) is 5.01 Å². The Balaban J connectivity index is 2.08. The van der Waals surface area contributed by atoms with Gasteiger partial charge < -0.3 is 0 Å². The lowest BCUT2D eigenvalue weighted by Crippen LogP contribution is -2.37. The summed E-state index contributed by atoms with van der Waals surface area (Å²) in [6, 6.07) is 9.10. The summed E-state index contributed by atoms with van der Waals surface area (Å²) >= 11 is 0. The van der Waals surface area contributed by atoms with Crippen LogP contribution in [0.5, 0.6) is 0 Å². The highest BCUT2D eigenvalue weighted by Gasteiger charge is 2.38. The van der Waals surface area contributed by atoms with Crippen LogP contribution in [0.4, 0.5) is 19.0 Å². The third-order valence-electron chi connectivity index (χ3n) is 4.38. The quantitative estimate of drug-likeness (QED) is 0.821. The van der Waals surface area contributed by atoms with Crippen LogP contribution in [0.15, 0.2) is 47.5 Å². The lowest BCUT2D eigenvalue weighted by atomic mass is 10.0. The molecule has 1 aromatic heterocycles. The molecule has 0 aliphatic carbocycles. The molecule has 5 nitrogen and oxygen atoms in total. The first-order valence-corrected chi connectivity index (χ1v) is 8.08. The summed E-state index contributed by atoms with van der Waals surface area (Å²) in [6.07, 6.45) is -4.60. The van der Waals surface area contributed by atoms with Gasteiger partial charge in [-0.05, 0) is 32.4 Å². The number of hydrogen-bond acceptors (Lipinski definition) is 4. The van der Waals surface area contributed by atoms with Crippen molar-refractivity contribution in [1.82, 2.24) is 9.99 Å². The molecule has 2 heterocycles. The smallest absolute Gasteiger partial charge is 0.271 e. The number of nitrogens with zero attached hydrogens (tertiary/aromatic N) is 2. The number of halogens is 3. The number of carbonyl (C=O) groups excluding carboxylic acids is 2. The molecule has 1 N–H and O–H groups in total. The first kappa shape index (κ1) is 18.6. The highest BCUT2D eigenvalue weighted by Crippen LogP contribution is 2.39. The minimum Gasteiger partial charge on any atom is -0.271 e. The number of alkyl halides is 3. The molecule has 3 rings (SSSR count). The van der Waals surface area contributed by atoms with Crippen LogP contribution < -0.4 is 5.43 Å². The summed E-state index contributed by atoms with van der Waals surface area (Å²) in [7, 11) is 0. The summed E-state index contributed by atoms with van der Waals surface area (Å²) in [5.74, 6) is -1.14. The fourth-order valence-electron chi connectivity index (χ4n) is 2.86. The Morgan fingerprint density at radius 1 is 0.963 bits per heavy atom. The molecule has 0 fully saturated rings. The number of hydrazine groups is 1. The minimum atomic E-state index is -4.60. The van der Waals surface area contributed by atoms with Crippen LogP contribution in [0.2, 0.25) is 0 Å². The van der Waals surface area contributed by atoms with Gasteiger partial charge in [-0.15, -0.1) is 0 Å². The number of imide groups is 1. The van der Waals surface area contributed by atoms with E-state index in [9.17, 15) is 22.8 Å². The summed E-state index contributed by atoms with van der Waals surface area (Å²) in [5, 5.41) is 0.758. The number of carbonyl (C=O) groups is 2. The highest BCUT2D eigenvalue weighted by molar-refractivity contribution is 6.19. The van der Waals surface area contributed by atoms with Crippen molar-refractivity contribution in [3.63, 3.8) is 0 Å². The normalized spacial score (nSPS) is 15.0. The molecule has 0 atom stereocenters. The summed E-state index contributed by atoms with van der Waals surface area (Å²) in [5.41, 5.74) is 2.18. The van der Waals surface area contributed by atoms with Crippen molar-refractivity contribution in [3.8, 4) is 11.3 Å². The second-order valence-corrected chi connectivity index (χ2v) is 6.22. The van der Waals surface area contributed by atoms with Gasteiger partial charge in [0.2, 0.25) is 0 Å². The van der Waals surface area contributed by atoms with Crippen LogP contribution >= 0.6 is 0 Å². The zero-order chi connectivity index (χ0) is 19.9. The second-order valence-electron chi connectivity index (χ2n) is 6.22. The lowest BCUT2D eigenvalue weighted by molar-refractivity contribution is -0.138. The number of amides is 2. The predicted molar refractivity (Wildman–Crippen MR) is 93.3 cm³/mol. The minimum absolute atomic E-state index is 0.0245. The number of rotatable bonds is 3. The number of pyridine rings is 1. The van der Waals surface area contributed by atoms with E-state index in [0.29, 0.717) is 0 Å². The Hall–Kier alpha value is -3.16. The van der Waals surface area contributed by atoms with Gasteiger partial charge in [0.25, 0.3) is 11.8 Å². The van der Waals surface area contributed by atoms with Crippen LogP contribution in [0, 0.1) is 6.92 Å². The van der Waals surface area contributed by atoms with E-state index in [1.54, 1.807) is 18.2 Å². The van der Waals surface area contributed by atoms with Crippen molar-refractivity contribution in [2.45, 2.75) is 26.9 Å². The Morgan fingerprint density at radius 2 is 1.52 bits per heavy atom. The molecule has 1 aliphatic heterocycles. The van der Waals surface area contributed by atoms with Crippen molar-refractivity contribution >= 4 is 17.6 Å². The number of benzene rings is 1. The van der Waals surface area contributed by atoms with E-state index in [4.69, 9.17) is 0 Å². The molecular formula is C19H16F3N3O2. The summed E-state index contributed by atoms with van der Waals surface area (Å²) in [4.78, 5) is 28.4. The highest BCUT2D eigenvalue weighted by atomic mass is 19.4. The Kier molecular flexibility index (Phi) is 4.51. The molecule has 2 amide bonds. The fourth-order valence-corrected chi connectivity index (χ4v) is 2.86.